The summed E-state index contributed by atoms with van der Waals surface area (Å²) in [5.41, 5.74) is 0.957. The highest BCUT2D eigenvalue weighted by Gasteiger charge is 2.24. The van der Waals surface area contributed by atoms with Gasteiger partial charge in [-0.05, 0) is 67.0 Å². The number of carbonyl (C=O) groups excluding carboxylic acids is 1. The van der Waals surface area contributed by atoms with Crippen LogP contribution in [0.25, 0.3) is 0 Å². The summed E-state index contributed by atoms with van der Waals surface area (Å²) in [6.07, 6.45) is 3.99. The van der Waals surface area contributed by atoms with Crippen molar-refractivity contribution in [3.63, 3.8) is 0 Å². The van der Waals surface area contributed by atoms with Gasteiger partial charge in [-0.15, -0.1) is 11.8 Å². The lowest BCUT2D eigenvalue weighted by molar-refractivity contribution is -0.131. The number of carboxylic acids is 1. The molecule has 0 heterocycles. The summed E-state index contributed by atoms with van der Waals surface area (Å²) in [6, 6.07) is 11.1. The van der Waals surface area contributed by atoms with E-state index in [0.717, 1.165) is 17.0 Å². The number of phenolic OH excluding ortho intramolecular Hbond substituents is 1. The van der Waals surface area contributed by atoms with Crippen molar-refractivity contribution in [3.05, 3.63) is 66.0 Å². The number of carboxylic acid groups (broad SMARTS) is 1. The summed E-state index contributed by atoms with van der Waals surface area (Å²) >= 11 is 1.58. The van der Waals surface area contributed by atoms with Crippen LogP contribution in [-0.4, -0.2) is 28.5 Å². The third-order valence-electron chi connectivity index (χ3n) is 4.44. The number of hydrogen-bond donors (Lipinski definition) is 3. The summed E-state index contributed by atoms with van der Waals surface area (Å²) in [7, 11) is 0. The van der Waals surface area contributed by atoms with E-state index in [1.54, 1.807) is 23.9 Å². The monoisotopic (exact) mass is 433 g/mol. The fraction of sp³-hybridized carbons (Fsp3) is 0.273. The minimum Gasteiger partial charge on any atom is -0.505 e. The number of anilines is 1. The molecule has 0 spiro atoms. The quantitative estimate of drug-likeness (QED) is 0.352. The maximum Gasteiger partial charge on any atom is 0.412 e. The van der Waals surface area contributed by atoms with Gasteiger partial charge in [0.1, 0.15) is 6.10 Å². The lowest BCUT2D eigenvalue weighted by Gasteiger charge is -2.25. The number of halogens is 1. The van der Waals surface area contributed by atoms with Gasteiger partial charge in [-0.3, -0.25) is 5.32 Å². The standard InChI is InChI=1S/C22H24FNO5S/c1-14(5-3-4-6-20(26)27)21(15-7-12-19(25)18(23)13-15)29-22(28)24-16-8-10-17(30-2)11-9-16/h4,6-14,21,25H,3,5H2,1-2H3,(H,24,28)(H,26,27)/b6-4+/t14-,21+/m1/s1. The summed E-state index contributed by atoms with van der Waals surface area (Å²) in [4.78, 5) is 24.1. The largest absolute Gasteiger partial charge is 0.505 e. The highest BCUT2D eigenvalue weighted by Crippen LogP contribution is 2.32. The van der Waals surface area contributed by atoms with Crippen LogP contribution in [0.1, 0.15) is 31.4 Å². The second-order valence-electron chi connectivity index (χ2n) is 6.69. The zero-order valence-electron chi connectivity index (χ0n) is 16.7. The Morgan fingerprint density at radius 1 is 1.23 bits per heavy atom. The van der Waals surface area contributed by atoms with Crippen LogP contribution >= 0.6 is 11.8 Å². The molecule has 2 aromatic carbocycles. The minimum atomic E-state index is -1.04. The summed E-state index contributed by atoms with van der Waals surface area (Å²) in [5.74, 6) is -2.58. The molecule has 0 aromatic heterocycles. The highest BCUT2D eigenvalue weighted by molar-refractivity contribution is 7.98. The third-order valence-corrected chi connectivity index (χ3v) is 5.18. The van der Waals surface area contributed by atoms with Gasteiger partial charge in [-0.2, -0.15) is 0 Å². The van der Waals surface area contributed by atoms with E-state index in [0.29, 0.717) is 24.1 Å². The predicted molar refractivity (Wildman–Crippen MR) is 114 cm³/mol. The van der Waals surface area contributed by atoms with Gasteiger partial charge < -0.3 is 14.9 Å². The predicted octanol–water partition coefficient (Wildman–Crippen LogP) is 5.60. The van der Waals surface area contributed by atoms with Crippen LogP contribution in [-0.2, 0) is 9.53 Å². The van der Waals surface area contributed by atoms with Crippen molar-refractivity contribution in [1.82, 2.24) is 0 Å². The van der Waals surface area contributed by atoms with Crippen LogP contribution in [0.3, 0.4) is 0 Å². The first-order valence-electron chi connectivity index (χ1n) is 9.29. The second-order valence-corrected chi connectivity index (χ2v) is 7.57. The smallest absolute Gasteiger partial charge is 0.412 e. The average molecular weight is 434 g/mol. The lowest BCUT2D eigenvalue weighted by Crippen LogP contribution is -2.22. The van der Waals surface area contributed by atoms with E-state index in [-0.39, 0.29) is 5.92 Å². The Kier molecular flexibility index (Phi) is 8.73. The molecular formula is C22H24FNO5S. The molecule has 2 atom stereocenters. The molecule has 0 bridgehead atoms. The summed E-state index contributed by atoms with van der Waals surface area (Å²) < 4.78 is 19.5. The van der Waals surface area contributed by atoms with Crippen LogP contribution in [0.4, 0.5) is 14.9 Å². The number of benzene rings is 2. The number of ether oxygens (including phenoxy) is 1. The Balaban J connectivity index is 2.13. The van der Waals surface area contributed by atoms with Gasteiger partial charge in [-0.1, -0.05) is 19.1 Å². The first-order chi connectivity index (χ1) is 14.3. The minimum absolute atomic E-state index is 0.239. The number of amides is 1. The van der Waals surface area contributed by atoms with E-state index in [9.17, 15) is 19.1 Å². The zero-order chi connectivity index (χ0) is 22.1. The fourth-order valence-electron chi connectivity index (χ4n) is 2.84. The second kappa shape index (κ2) is 11.3. The van der Waals surface area contributed by atoms with Crippen molar-refractivity contribution in [1.29, 1.82) is 0 Å². The fourth-order valence-corrected chi connectivity index (χ4v) is 3.25. The maximum atomic E-state index is 13.9. The first-order valence-corrected chi connectivity index (χ1v) is 10.5. The van der Waals surface area contributed by atoms with E-state index in [2.05, 4.69) is 5.32 Å². The van der Waals surface area contributed by atoms with Gasteiger partial charge >= 0.3 is 12.1 Å². The molecule has 0 aliphatic carbocycles. The highest BCUT2D eigenvalue weighted by atomic mass is 32.2. The molecule has 2 rings (SSSR count). The van der Waals surface area contributed by atoms with Crippen molar-refractivity contribution in [3.8, 4) is 5.75 Å². The molecule has 0 radical (unpaired) electrons. The number of rotatable bonds is 9. The Bertz CT molecular complexity index is 901. The SMILES string of the molecule is CSc1ccc(NC(=O)O[C@H](c2ccc(O)c(F)c2)[C@H](C)CC/C=C/C(=O)O)cc1. The zero-order valence-corrected chi connectivity index (χ0v) is 17.5. The number of hydrogen-bond acceptors (Lipinski definition) is 5. The Morgan fingerprint density at radius 3 is 2.53 bits per heavy atom. The molecular weight excluding hydrogens is 409 g/mol. The number of allylic oxidation sites excluding steroid dienone is 1. The van der Waals surface area contributed by atoms with Crippen molar-refractivity contribution >= 4 is 29.5 Å². The van der Waals surface area contributed by atoms with Crippen LogP contribution < -0.4 is 5.32 Å². The Hall–Kier alpha value is -3.00. The van der Waals surface area contributed by atoms with Gasteiger partial charge in [0, 0.05) is 16.7 Å². The molecule has 0 saturated carbocycles. The molecule has 6 nitrogen and oxygen atoms in total. The number of carbonyl (C=O) groups is 2. The van der Waals surface area contributed by atoms with Crippen LogP contribution in [0.2, 0.25) is 0 Å². The number of aliphatic carboxylic acids is 1. The van der Waals surface area contributed by atoms with Crippen molar-refractivity contribution in [2.45, 2.75) is 30.8 Å². The van der Waals surface area contributed by atoms with E-state index in [1.807, 2.05) is 25.3 Å². The number of aromatic hydroxyl groups is 1. The van der Waals surface area contributed by atoms with Gasteiger partial charge in [0.15, 0.2) is 11.6 Å². The molecule has 30 heavy (non-hydrogen) atoms. The van der Waals surface area contributed by atoms with Crippen LogP contribution in [0.5, 0.6) is 5.75 Å². The number of thioether (sulfide) groups is 1. The van der Waals surface area contributed by atoms with Crippen LogP contribution in [0, 0.1) is 11.7 Å². The van der Waals surface area contributed by atoms with E-state index in [1.165, 1.54) is 18.2 Å². The van der Waals surface area contributed by atoms with Crippen LogP contribution in [0.15, 0.2) is 59.5 Å². The third kappa shape index (κ3) is 7.11. The molecule has 8 heteroatoms. The average Bonchev–Trinajstić information content (AvgIpc) is 2.72. The Morgan fingerprint density at radius 2 is 1.93 bits per heavy atom. The van der Waals surface area contributed by atoms with Gasteiger partial charge in [0.2, 0.25) is 0 Å². The van der Waals surface area contributed by atoms with Gasteiger partial charge in [0.25, 0.3) is 0 Å². The molecule has 2 aromatic rings. The molecule has 0 unspecified atom stereocenters. The van der Waals surface area contributed by atoms with E-state index < -0.39 is 29.7 Å². The van der Waals surface area contributed by atoms with Crippen molar-refractivity contribution < 1.29 is 28.9 Å². The van der Waals surface area contributed by atoms with E-state index >= 15 is 0 Å². The first kappa shape index (κ1) is 23.3. The summed E-state index contributed by atoms with van der Waals surface area (Å²) in [6.45, 7) is 1.82. The van der Waals surface area contributed by atoms with Crippen molar-refractivity contribution in [2.75, 3.05) is 11.6 Å². The molecule has 3 N–H and O–H groups in total. The maximum absolute atomic E-state index is 13.9. The normalized spacial score (nSPS) is 13.0. The van der Waals surface area contributed by atoms with Crippen molar-refractivity contribution in [2.24, 2.45) is 5.92 Å². The van der Waals surface area contributed by atoms with E-state index in [4.69, 9.17) is 9.84 Å². The molecule has 160 valence electrons. The molecule has 1 amide bonds. The van der Waals surface area contributed by atoms with Gasteiger partial charge in [-0.25, -0.2) is 14.0 Å². The lowest BCUT2D eigenvalue weighted by atomic mass is 9.93. The molecule has 0 aliphatic heterocycles. The summed E-state index contributed by atoms with van der Waals surface area (Å²) in [5, 5.41) is 20.8. The molecule has 0 saturated heterocycles. The molecule has 0 aliphatic rings. The molecule has 0 fully saturated rings. The number of phenols is 1. The Labute approximate surface area is 178 Å². The topological polar surface area (TPSA) is 95.9 Å². The number of nitrogens with one attached hydrogen (secondary N) is 1. The van der Waals surface area contributed by atoms with Gasteiger partial charge in [0.05, 0.1) is 0 Å².